The van der Waals surface area contributed by atoms with Gasteiger partial charge in [0.1, 0.15) is 6.33 Å². The number of H-pyrrole nitrogens is 2. The van der Waals surface area contributed by atoms with Crippen LogP contribution in [0.2, 0.25) is 0 Å². The molecule has 1 aliphatic rings. The summed E-state index contributed by atoms with van der Waals surface area (Å²) in [5.74, 6) is 0.712. The van der Waals surface area contributed by atoms with Crippen LogP contribution in [0.15, 0.2) is 79.1 Å². The van der Waals surface area contributed by atoms with E-state index in [1.54, 1.807) is 0 Å². The second-order valence-electron chi connectivity index (χ2n) is 9.22. The molecule has 0 aliphatic carbocycles. The summed E-state index contributed by atoms with van der Waals surface area (Å²) in [6.45, 7) is 2.89. The number of aromatic nitrogens is 5. The first-order valence-corrected chi connectivity index (χ1v) is 12.2. The number of aromatic amines is 2. The molecule has 3 heterocycles. The first-order valence-electron chi connectivity index (χ1n) is 12.2. The zero-order valence-corrected chi connectivity index (χ0v) is 19.8. The van der Waals surface area contributed by atoms with Crippen molar-refractivity contribution in [1.29, 1.82) is 0 Å². The summed E-state index contributed by atoms with van der Waals surface area (Å²) in [5.41, 5.74) is 5.91. The Hall–Kier alpha value is -4.30. The number of carbonyl (C=O) groups excluding carboxylic acids is 1. The first kappa shape index (κ1) is 22.2. The van der Waals surface area contributed by atoms with Gasteiger partial charge in [-0.3, -0.25) is 19.9 Å². The number of anilines is 1. The van der Waals surface area contributed by atoms with E-state index < -0.39 is 0 Å². The number of likely N-dealkylation sites (tertiary alicyclic amines) is 1. The van der Waals surface area contributed by atoms with E-state index in [0.29, 0.717) is 5.82 Å². The largest absolute Gasteiger partial charge is 0.312 e. The number of hydrogen-bond acceptors (Lipinski definition) is 5. The Morgan fingerprint density at radius 3 is 2.58 bits per heavy atom. The number of fused-ring (bicyclic) bond motifs is 1. The average Bonchev–Trinajstić information content (AvgIpc) is 3.61. The van der Waals surface area contributed by atoms with Gasteiger partial charge in [-0.25, -0.2) is 4.98 Å². The molecule has 0 saturated carbocycles. The Morgan fingerprint density at radius 2 is 1.81 bits per heavy atom. The van der Waals surface area contributed by atoms with E-state index in [4.69, 9.17) is 0 Å². The molecule has 0 unspecified atom stereocenters. The molecule has 0 radical (unpaired) electrons. The van der Waals surface area contributed by atoms with E-state index in [-0.39, 0.29) is 6.04 Å². The van der Waals surface area contributed by atoms with Crippen LogP contribution in [0, 0.1) is 0 Å². The van der Waals surface area contributed by atoms with Crippen LogP contribution >= 0.6 is 0 Å². The van der Waals surface area contributed by atoms with E-state index in [9.17, 15) is 4.79 Å². The molecular weight excluding hydrogens is 450 g/mol. The molecule has 3 aromatic carbocycles. The maximum Gasteiger partial charge on any atom is 0.214 e. The summed E-state index contributed by atoms with van der Waals surface area (Å²) in [7, 11) is 0. The molecule has 2 aromatic heterocycles. The quantitative estimate of drug-likeness (QED) is 0.333. The molecule has 1 amide bonds. The van der Waals surface area contributed by atoms with Gasteiger partial charge >= 0.3 is 0 Å². The van der Waals surface area contributed by atoms with Crippen molar-refractivity contribution in [2.24, 2.45) is 0 Å². The number of rotatable bonds is 7. The van der Waals surface area contributed by atoms with Crippen molar-refractivity contribution in [3.63, 3.8) is 0 Å². The Morgan fingerprint density at radius 1 is 0.944 bits per heavy atom. The van der Waals surface area contributed by atoms with Crippen LogP contribution in [0.3, 0.4) is 0 Å². The van der Waals surface area contributed by atoms with Gasteiger partial charge in [0.05, 0.1) is 11.2 Å². The molecule has 8 nitrogen and oxygen atoms in total. The van der Waals surface area contributed by atoms with Crippen molar-refractivity contribution < 1.29 is 4.79 Å². The van der Waals surface area contributed by atoms with Crippen molar-refractivity contribution in [3.05, 3.63) is 84.7 Å². The standard InChI is InChI=1S/C28H27N7O/c36-19-35(23-11-13-34(14-12-23)17-20-5-2-1-3-6-20)24-8-4-7-21(15-24)27-25-16-22(28-29-18-30-33-28)9-10-26(25)31-32-27/h1-10,15-16,18-19,23H,11-14,17H2,(H,31,32)(H,29,30,33). The van der Waals surface area contributed by atoms with Crippen LogP contribution in [0.5, 0.6) is 0 Å². The number of nitrogens with one attached hydrogen (secondary N) is 2. The van der Waals surface area contributed by atoms with Gasteiger partial charge < -0.3 is 4.90 Å². The minimum Gasteiger partial charge on any atom is -0.312 e. The third-order valence-corrected chi connectivity index (χ3v) is 6.98. The highest BCUT2D eigenvalue weighted by Crippen LogP contribution is 2.32. The summed E-state index contributed by atoms with van der Waals surface area (Å²) in [6.07, 6.45) is 4.37. The monoisotopic (exact) mass is 477 g/mol. The van der Waals surface area contributed by atoms with Crippen LogP contribution in [-0.4, -0.2) is 55.8 Å². The lowest BCUT2D eigenvalue weighted by Crippen LogP contribution is -2.44. The van der Waals surface area contributed by atoms with Gasteiger partial charge in [-0.1, -0.05) is 42.5 Å². The SMILES string of the molecule is O=CN(c1cccc(-c2n[nH]c3ccc(-c4ncn[nH]4)cc23)c1)C1CCN(Cc2ccccc2)CC1. The molecule has 1 saturated heterocycles. The minimum absolute atomic E-state index is 0.179. The van der Waals surface area contributed by atoms with Crippen LogP contribution in [-0.2, 0) is 11.3 Å². The molecule has 36 heavy (non-hydrogen) atoms. The zero-order chi connectivity index (χ0) is 24.3. The second kappa shape index (κ2) is 9.75. The topological polar surface area (TPSA) is 93.8 Å². The van der Waals surface area contributed by atoms with Gasteiger partial charge in [-0.15, -0.1) is 0 Å². The predicted octanol–water partition coefficient (Wildman–Crippen LogP) is 4.64. The Bertz CT molecular complexity index is 1450. The van der Waals surface area contributed by atoms with Crippen molar-refractivity contribution >= 4 is 23.0 Å². The highest BCUT2D eigenvalue weighted by atomic mass is 16.1. The molecule has 1 fully saturated rings. The highest BCUT2D eigenvalue weighted by Gasteiger charge is 2.25. The van der Waals surface area contributed by atoms with Crippen LogP contribution in [0.1, 0.15) is 18.4 Å². The van der Waals surface area contributed by atoms with E-state index in [2.05, 4.69) is 66.7 Å². The molecule has 1 aliphatic heterocycles. The third-order valence-electron chi connectivity index (χ3n) is 6.98. The smallest absolute Gasteiger partial charge is 0.214 e. The summed E-state index contributed by atoms with van der Waals surface area (Å²) in [4.78, 5) is 20.9. The summed E-state index contributed by atoms with van der Waals surface area (Å²) >= 11 is 0. The van der Waals surface area contributed by atoms with Gasteiger partial charge in [0.2, 0.25) is 6.41 Å². The third kappa shape index (κ3) is 4.38. The molecule has 5 aromatic rings. The lowest BCUT2D eigenvalue weighted by Gasteiger charge is -2.37. The van der Waals surface area contributed by atoms with E-state index in [1.165, 1.54) is 11.9 Å². The van der Waals surface area contributed by atoms with Gasteiger partial charge in [0.25, 0.3) is 0 Å². The van der Waals surface area contributed by atoms with Crippen molar-refractivity contribution in [1.82, 2.24) is 30.3 Å². The fourth-order valence-corrected chi connectivity index (χ4v) is 5.09. The van der Waals surface area contributed by atoms with Gasteiger partial charge in [-0.05, 0) is 48.7 Å². The van der Waals surface area contributed by atoms with Crippen molar-refractivity contribution in [2.75, 3.05) is 18.0 Å². The predicted molar refractivity (Wildman–Crippen MR) is 140 cm³/mol. The Labute approximate surface area is 209 Å². The number of benzene rings is 3. The molecule has 0 spiro atoms. The number of nitrogens with zero attached hydrogens (tertiary/aromatic N) is 5. The summed E-state index contributed by atoms with van der Waals surface area (Å²) in [5, 5.41) is 15.6. The number of carbonyl (C=O) groups is 1. The van der Waals surface area contributed by atoms with Crippen molar-refractivity contribution in [2.45, 2.75) is 25.4 Å². The number of piperidine rings is 1. The Balaban J connectivity index is 1.22. The van der Waals surface area contributed by atoms with Crippen LogP contribution in [0.4, 0.5) is 5.69 Å². The second-order valence-corrected chi connectivity index (χ2v) is 9.22. The molecular formula is C28H27N7O. The van der Waals surface area contributed by atoms with E-state index in [1.807, 2.05) is 41.3 Å². The maximum atomic E-state index is 12.2. The molecule has 0 bridgehead atoms. The molecule has 6 rings (SSSR count). The van der Waals surface area contributed by atoms with Gasteiger partial charge in [0, 0.05) is 47.9 Å². The number of hydrogen-bond donors (Lipinski definition) is 2. The molecule has 180 valence electrons. The molecule has 0 atom stereocenters. The highest BCUT2D eigenvalue weighted by molar-refractivity contribution is 5.96. The lowest BCUT2D eigenvalue weighted by atomic mass is 10.0. The Kier molecular flexibility index (Phi) is 6.01. The van der Waals surface area contributed by atoms with Gasteiger partial charge in [-0.2, -0.15) is 10.2 Å². The fourth-order valence-electron chi connectivity index (χ4n) is 5.09. The summed E-state index contributed by atoms with van der Waals surface area (Å²) < 4.78 is 0. The summed E-state index contributed by atoms with van der Waals surface area (Å²) in [6, 6.07) is 24.9. The van der Waals surface area contributed by atoms with Crippen molar-refractivity contribution in [3.8, 4) is 22.6 Å². The zero-order valence-electron chi connectivity index (χ0n) is 19.8. The fraction of sp³-hybridized carbons (Fsp3) is 0.214. The normalized spacial score (nSPS) is 14.8. The maximum absolute atomic E-state index is 12.2. The minimum atomic E-state index is 0.179. The number of amides is 1. The van der Waals surface area contributed by atoms with Crippen LogP contribution < -0.4 is 4.90 Å². The molecule has 8 heteroatoms. The average molecular weight is 478 g/mol. The van der Waals surface area contributed by atoms with Crippen LogP contribution in [0.25, 0.3) is 33.5 Å². The van der Waals surface area contributed by atoms with Gasteiger partial charge in [0.15, 0.2) is 5.82 Å². The first-order chi connectivity index (χ1) is 17.8. The lowest BCUT2D eigenvalue weighted by molar-refractivity contribution is -0.108. The van der Waals surface area contributed by atoms with E-state index in [0.717, 1.165) is 72.3 Å². The molecule has 2 N–H and O–H groups in total. The van der Waals surface area contributed by atoms with E-state index >= 15 is 0 Å².